The van der Waals surface area contributed by atoms with Gasteiger partial charge in [-0.15, -0.1) is 5.11 Å². The minimum atomic E-state index is -1.80. The average Bonchev–Trinajstić information content (AvgIpc) is 2.79. The van der Waals surface area contributed by atoms with Crippen molar-refractivity contribution in [1.82, 2.24) is 0 Å². The molecule has 4 rings (SSSR count). The zero-order valence-electron chi connectivity index (χ0n) is 16.5. The van der Waals surface area contributed by atoms with Gasteiger partial charge in [-0.2, -0.15) is 5.11 Å². The lowest BCUT2D eigenvalue weighted by molar-refractivity contribution is -0.271. The van der Waals surface area contributed by atoms with Crippen LogP contribution in [0.2, 0.25) is 0 Å². The van der Waals surface area contributed by atoms with E-state index in [-0.39, 0.29) is 11.5 Å². The van der Waals surface area contributed by atoms with E-state index in [4.69, 9.17) is 14.6 Å². The first-order chi connectivity index (χ1) is 15.3. The van der Waals surface area contributed by atoms with E-state index in [1.165, 1.54) is 12.1 Å². The number of carbonyl (C=O) groups is 1. The van der Waals surface area contributed by atoms with Crippen LogP contribution in [0.1, 0.15) is 0 Å². The zero-order chi connectivity index (χ0) is 22.8. The van der Waals surface area contributed by atoms with Gasteiger partial charge in [-0.25, -0.2) is 4.79 Å². The third-order valence-corrected chi connectivity index (χ3v) is 5.05. The van der Waals surface area contributed by atoms with Crippen molar-refractivity contribution in [3.05, 3.63) is 60.7 Å². The number of aromatic hydroxyl groups is 1. The standard InChI is InChI=1S/C22H20N2O8/c25-15-10-5-11-3-1-2-4-14(11)16(15)24-23-12-6-8-13(9-7-12)31-22-19(28)17(26)18(27)20(32-22)21(29)30/h1-10,17-20,22,25-28H,(H,29,30). The molecule has 5 N–H and O–H groups in total. The maximum absolute atomic E-state index is 11.2. The van der Waals surface area contributed by atoms with Gasteiger partial charge in [-0.05, 0) is 35.7 Å². The van der Waals surface area contributed by atoms with Crippen LogP contribution >= 0.6 is 0 Å². The molecule has 3 aromatic carbocycles. The summed E-state index contributed by atoms with van der Waals surface area (Å²) in [7, 11) is 0. The molecule has 1 fully saturated rings. The van der Waals surface area contributed by atoms with E-state index in [2.05, 4.69) is 10.2 Å². The van der Waals surface area contributed by atoms with Crippen LogP contribution < -0.4 is 4.74 Å². The summed E-state index contributed by atoms with van der Waals surface area (Å²) in [5.74, 6) is -1.30. The normalized spacial score (nSPS) is 25.8. The number of azo groups is 1. The van der Waals surface area contributed by atoms with Gasteiger partial charge in [0.05, 0.1) is 5.69 Å². The number of nitrogens with zero attached hydrogens (tertiary/aromatic N) is 2. The van der Waals surface area contributed by atoms with E-state index in [9.17, 15) is 25.2 Å². The maximum Gasteiger partial charge on any atom is 0.335 e. The number of ether oxygens (including phenoxy) is 2. The van der Waals surface area contributed by atoms with E-state index in [1.807, 2.05) is 24.3 Å². The molecule has 0 aromatic heterocycles. The van der Waals surface area contributed by atoms with Crippen LogP contribution in [0.5, 0.6) is 11.5 Å². The van der Waals surface area contributed by atoms with Gasteiger partial charge in [0.25, 0.3) is 0 Å². The van der Waals surface area contributed by atoms with Gasteiger partial charge in [0.1, 0.15) is 35.5 Å². The Morgan fingerprint density at radius 1 is 0.875 bits per heavy atom. The Morgan fingerprint density at radius 3 is 2.31 bits per heavy atom. The molecule has 0 bridgehead atoms. The highest BCUT2D eigenvalue weighted by molar-refractivity contribution is 5.95. The van der Waals surface area contributed by atoms with Crippen molar-refractivity contribution in [2.75, 3.05) is 0 Å². The average molecular weight is 440 g/mol. The molecule has 0 aliphatic carbocycles. The number of aliphatic hydroxyl groups excluding tert-OH is 3. The van der Waals surface area contributed by atoms with Crippen LogP contribution in [-0.2, 0) is 9.53 Å². The third-order valence-electron chi connectivity index (χ3n) is 5.05. The molecule has 0 saturated carbocycles. The molecule has 1 saturated heterocycles. The van der Waals surface area contributed by atoms with E-state index in [1.54, 1.807) is 24.3 Å². The predicted octanol–water partition coefficient (Wildman–Crippen LogP) is 2.23. The maximum atomic E-state index is 11.2. The molecule has 32 heavy (non-hydrogen) atoms. The summed E-state index contributed by atoms with van der Waals surface area (Å²) < 4.78 is 10.5. The number of aliphatic carboxylic acids is 1. The fourth-order valence-corrected chi connectivity index (χ4v) is 3.33. The SMILES string of the molecule is O=C(O)C1OC(Oc2ccc(N=Nc3c(O)ccc4ccccc34)cc2)C(O)C(O)C1O. The van der Waals surface area contributed by atoms with Crippen LogP contribution in [0.15, 0.2) is 70.9 Å². The number of aliphatic hydroxyl groups is 3. The van der Waals surface area contributed by atoms with Crippen LogP contribution in [-0.4, -0.2) is 62.2 Å². The molecular formula is C22H20N2O8. The monoisotopic (exact) mass is 440 g/mol. The van der Waals surface area contributed by atoms with E-state index < -0.39 is 36.7 Å². The number of hydrogen-bond acceptors (Lipinski definition) is 9. The number of phenolic OH excluding ortho intramolecular Hbond substituents is 1. The molecule has 10 nitrogen and oxygen atoms in total. The number of fused-ring (bicyclic) bond motifs is 1. The highest BCUT2D eigenvalue weighted by Crippen LogP contribution is 2.36. The van der Waals surface area contributed by atoms with Crippen molar-refractivity contribution >= 4 is 28.1 Å². The zero-order valence-corrected chi connectivity index (χ0v) is 16.5. The van der Waals surface area contributed by atoms with Gasteiger partial charge in [-0.1, -0.05) is 30.3 Å². The predicted molar refractivity (Wildman–Crippen MR) is 111 cm³/mol. The first-order valence-corrected chi connectivity index (χ1v) is 9.67. The second-order valence-corrected chi connectivity index (χ2v) is 7.20. The van der Waals surface area contributed by atoms with Crippen LogP contribution in [0.3, 0.4) is 0 Å². The van der Waals surface area contributed by atoms with Crippen molar-refractivity contribution in [2.45, 2.75) is 30.7 Å². The largest absolute Gasteiger partial charge is 0.506 e. The molecule has 1 heterocycles. The molecule has 0 amide bonds. The Kier molecular flexibility index (Phi) is 6.01. The number of hydrogen-bond donors (Lipinski definition) is 5. The van der Waals surface area contributed by atoms with Crippen LogP contribution in [0, 0.1) is 0 Å². The van der Waals surface area contributed by atoms with E-state index >= 15 is 0 Å². The highest BCUT2D eigenvalue weighted by atomic mass is 16.7. The Bertz CT molecular complexity index is 1150. The lowest BCUT2D eigenvalue weighted by atomic mass is 9.99. The molecule has 0 radical (unpaired) electrons. The third kappa shape index (κ3) is 4.25. The van der Waals surface area contributed by atoms with Gasteiger partial charge in [-0.3, -0.25) is 0 Å². The topological polar surface area (TPSA) is 161 Å². The molecule has 166 valence electrons. The highest BCUT2D eigenvalue weighted by Gasteiger charge is 2.48. The van der Waals surface area contributed by atoms with Crippen molar-refractivity contribution in [3.8, 4) is 11.5 Å². The smallest absolute Gasteiger partial charge is 0.335 e. The number of carboxylic acids is 1. The minimum absolute atomic E-state index is 0.00966. The molecule has 1 aliphatic rings. The molecule has 5 unspecified atom stereocenters. The Hall–Kier alpha value is -3.57. The van der Waals surface area contributed by atoms with Gasteiger partial charge in [0.15, 0.2) is 6.10 Å². The van der Waals surface area contributed by atoms with Gasteiger partial charge < -0.3 is 35.0 Å². The second kappa shape index (κ2) is 8.89. The van der Waals surface area contributed by atoms with E-state index in [0.29, 0.717) is 11.4 Å². The van der Waals surface area contributed by atoms with Crippen LogP contribution in [0.4, 0.5) is 11.4 Å². The second-order valence-electron chi connectivity index (χ2n) is 7.20. The summed E-state index contributed by atoms with van der Waals surface area (Å²) in [6.45, 7) is 0. The van der Waals surface area contributed by atoms with Crippen LogP contribution in [0.25, 0.3) is 10.8 Å². The van der Waals surface area contributed by atoms with Gasteiger partial charge in [0.2, 0.25) is 6.29 Å². The van der Waals surface area contributed by atoms with Crippen molar-refractivity contribution in [3.63, 3.8) is 0 Å². The summed E-state index contributed by atoms with van der Waals surface area (Å²) in [5, 5.41) is 58.8. The van der Waals surface area contributed by atoms with Crippen molar-refractivity contribution in [1.29, 1.82) is 0 Å². The number of benzene rings is 3. The minimum Gasteiger partial charge on any atom is -0.506 e. The number of carboxylic acid groups (broad SMARTS) is 1. The summed E-state index contributed by atoms with van der Waals surface area (Å²) in [6.07, 6.45) is -8.46. The first kappa shape index (κ1) is 21.7. The lowest BCUT2D eigenvalue weighted by Gasteiger charge is -2.38. The molecule has 1 aliphatic heterocycles. The summed E-state index contributed by atoms with van der Waals surface area (Å²) in [5.41, 5.74) is 0.767. The van der Waals surface area contributed by atoms with Gasteiger partial charge in [0, 0.05) is 5.39 Å². The Morgan fingerprint density at radius 2 is 1.59 bits per heavy atom. The quantitative estimate of drug-likeness (QED) is 0.377. The number of phenols is 1. The fourth-order valence-electron chi connectivity index (χ4n) is 3.33. The summed E-state index contributed by atoms with van der Waals surface area (Å²) >= 11 is 0. The Labute approximate surface area is 181 Å². The van der Waals surface area contributed by atoms with E-state index in [0.717, 1.165) is 10.8 Å². The molecule has 3 aromatic rings. The molecule has 0 spiro atoms. The lowest BCUT2D eigenvalue weighted by Crippen LogP contribution is -2.61. The van der Waals surface area contributed by atoms with Gasteiger partial charge >= 0.3 is 5.97 Å². The number of rotatable bonds is 5. The first-order valence-electron chi connectivity index (χ1n) is 9.67. The van der Waals surface area contributed by atoms with Crippen molar-refractivity contribution < 1.29 is 39.8 Å². The molecule has 5 atom stereocenters. The summed E-state index contributed by atoms with van der Waals surface area (Å²) in [6, 6.07) is 16.8. The fraction of sp³-hybridized carbons (Fsp3) is 0.227. The molecule has 10 heteroatoms. The Balaban J connectivity index is 1.49. The van der Waals surface area contributed by atoms with Crippen molar-refractivity contribution in [2.24, 2.45) is 10.2 Å². The molecular weight excluding hydrogens is 420 g/mol. The summed E-state index contributed by atoms with van der Waals surface area (Å²) in [4.78, 5) is 11.2.